The van der Waals surface area contributed by atoms with Gasteiger partial charge in [-0.15, -0.1) is 0 Å². The van der Waals surface area contributed by atoms with Crippen molar-refractivity contribution >= 4 is 17.4 Å². The Morgan fingerprint density at radius 1 is 1.56 bits per heavy atom. The van der Waals surface area contributed by atoms with E-state index in [4.69, 9.17) is 22.1 Å². The number of halogens is 1. The molecule has 1 aliphatic carbocycles. The first-order valence-corrected chi connectivity index (χ1v) is 6.72. The smallest absolute Gasteiger partial charge is 0.128 e. The van der Waals surface area contributed by atoms with Crippen LogP contribution in [0.5, 0.6) is 0 Å². The Morgan fingerprint density at radius 2 is 2.33 bits per heavy atom. The van der Waals surface area contributed by atoms with Gasteiger partial charge in [-0.1, -0.05) is 11.6 Å². The highest BCUT2D eigenvalue weighted by Crippen LogP contribution is 2.28. The molecular weight excluding hydrogens is 250 g/mol. The lowest BCUT2D eigenvalue weighted by Gasteiger charge is -2.19. The standard InChI is InChI=1S/C13H20ClN3O/c1-17(4-5-18-9-10-2-3-10)13-6-11(7-15)12(14)8-16-13/h6,8,10H,2-5,7,9,15H2,1H3. The maximum absolute atomic E-state index is 5.98. The van der Waals surface area contributed by atoms with Gasteiger partial charge in [0.1, 0.15) is 5.82 Å². The second kappa shape index (κ2) is 6.36. The van der Waals surface area contributed by atoms with Crippen molar-refractivity contribution < 1.29 is 4.74 Å². The predicted molar refractivity (Wildman–Crippen MR) is 74.0 cm³/mol. The van der Waals surface area contributed by atoms with Gasteiger partial charge in [0, 0.05) is 32.9 Å². The second-order valence-corrected chi connectivity index (χ2v) is 5.19. The molecule has 2 rings (SSSR count). The minimum atomic E-state index is 0.431. The molecule has 0 saturated heterocycles. The average Bonchev–Trinajstić information content (AvgIpc) is 3.19. The molecule has 4 nitrogen and oxygen atoms in total. The number of ether oxygens (including phenoxy) is 1. The molecular formula is C13H20ClN3O. The third-order valence-corrected chi connectivity index (χ3v) is 3.49. The fourth-order valence-electron chi connectivity index (χ4n) is 1.68. The van der Waals surface area contributed by atoms with Crippen LogP contribution >= 0.6 is 11.6 Å². The highest BCUT2D eigenvalue weighted by Gasteiger charge is 2.21. The highest BCUT2D eigenvalue weighted by molar-refractivity contribution is 6.31. The third-order valence-electron chi connectivity index (χ3n) is 3.15. The summed E-state index contributed by atoms with van der Waals surface area (Å²) in [5.74, 6) is 1.70. The van der Waals surface area contributed by atoms with E-state index in [1.165, 1.54) is 12.8 Å². The molecule has 2 N–H and O–H groups in total. The predicted octanol–water partition coefficient (Wildman–Crippen LogP) is 2.06. The van der Waals surface area contributed by atoms with Gasteiger partial charge in [-0.3, -0.25) is 0 Å². The van der Waals surface area contributed by atoms with Crippen molar-refractivity contribution in [3.8, 4) is 0 Å². The average molecular weight is 270 g/mol. The third kappa shape index (κ3) is 3.83. The first-order chi connectivity index (χ1) is 8.70. The van der Waals surface area contributed by atoms with E-state index in [1.807, 2.05) is 13.1 Å². The maximum Gasteiger partial charge on any atom is 0.128 e. The van der Waals surface area contributed by atoms with Crippen LogP contribution in [0.2, 0.25) is 5.02 Å². The molecule has 0 aliphatic heterocycles. The summed E-state index contributed by atoms with van der Waals surface area (Å²) in [5.41, 5.74) is 6.55. The van der Waals surface area contributed by atoms with E-state index in [-0.39, 0.29) is 0 Å². The molecule has 0 atom stereocenters. The molecule has 0 spiro atoms. The van der Waals surface area contributed by atoms with E-state index in [2.05, 4.69) is 9.88 Å². The van der Waals surface area contributed by atoms with E-state index in [9.17, 15) is 0 Å². The highest BCUT2D eigenvalue weighted by atomic mass is 35.5. The zero-order valence-corrected chi connectivity index (χ0v) is 11.5. The molecule has 18 heavy (non-hydrogen) atoms. The summed E-state index contributed by atoms with van der Waals surface area (Å²) in [6.45, 7) is 2.89. The second-order valence-electron chi connectivity index (χ2n) is 4.78. The molecule has 1 saturated carbocycles. The summed E-state index contributed by atoms with van der Waals surface area (Å²) in [7, 11) is 2.00. The van der Waals surface area contributed by atoms with Crippen molar-refractivity contribution in [1.82, 2.24) is 4.98 Å². The molecule has 5 heteroatoms. The maximum atomic E-state index is 5.98. The quantitative estimate of drug-likeness (QED) is 0.770. The van der Waals surface area contributed by atoms with Gasteiger partial charge in [-0.05, 0) is 30.4 Å². The van der Waals surface area contributed by atoms with Gasteiger partial charge < -0.3 is 15.4 Å². The van der Waals surface area contributed by atoms with E-state index >= 15 is 0 Å². The number of rotatable bonds is 7. The summed E-state index contributed by atoms with van der Waals surface area (Å²) in [6, 6.07) is 1.93. The fourth-order valence-corrected chi connectivity index (χ4v) is 1.86. The Labute approximate surface area is 113 Å². The Morgan fingerprint density at radius 3 is 3.00 bits per heavy atom. The number of pyridine rings is 1. The molecule has 1 fully saturated rings. The molecule has 1 aliphatic rings. The number of nitrogens with zero attached hydrogens (tertiary/aromatic N) is 2. The van der Waals surface area contributed by atoms with E-state index in [0.717, 1.165) is 37.1 Å². The van der Waals surface area contributed by atoms with E-state index < -0.39 is 0 Å². The zero-order valence-electron chi connectivity index (χ0n) is 10.7. The van der Waals surface area contributed by atoms with Crippen molar-refractivity contribution in [2.75, 3.05) is 31.7 Å². The summed E-state index contributed by atoms with van der Waals surface area (Å²) in [5, 5.41) is 0.625. The topological polar surface area (TPSA) is 51.4 Å². The van der Waals surface area contributed by atoms with Crippen LogP contribution in [0.25, 0.3) is 0 Å². The molecule has 0 aromatic carbocycles. The zero-order chi connectivity index (χ0) is 13.0. The molecule has 0 bridgehead atoms. The molecule has 100 valence electrons. The van der Waals surface area contributed by atoms with Crippen LogP contribution in [0.3, 0.4) is 0 Å². The van der Waals surface area contributed by atoms with Crippen molar-refractivity contribution in [2.24, 2.45) is 11.7 Å². The summed E-state index contributed by atoms with van der Waals surface area (Å²) < 4.78 is 5.61. The number of anilines is 1. The van der Waals surface area contributed by atoms with Crippen molar-refractivity contribution in [3.05, 3.63) is 22.8 Å². The minimum absolute atomic E-state index is 0.431. The lowest BCUT2D eigenvalue weighted by Crippen LogP contribution is -2.24. The Balaban J connectivity index is 1.81. The van der Waals surface area contributed by atoms with Crippen LogP contribution in [-0.2, 0) is 11.3 Å². The molecule has 0 radical (unpaired) electrons. The number of hydrogen-bond donors (Lipinski definition) is 1. The Bertz CT molecular complexity index is 396. The van der Waals surface area contributed by atoms with Crippen molar-refractivity contribution in [2.45, 2.75) is 19.4 Å². The van der Waals surface area contributed by atoms with E-state index in [1.54, 1.807) is 6.20 Å². The van der Waals surface area contributed by atoms with Crippen molar-refractivity contribution in [3.63, 3.8) is 0 Å². The van der Waals surface area contributed by atoms with Crippen LogP contribution in [-0.4, -0.2) is 31.8 Å². The largest absolute Gasteiger partial charge is 0.379 e. The summed E-state index contributed by atoms with van der Waals surface area (Å²) >= 11 is 5.98. The molecule has 0 amide bonds. The SMILES string of the molecule is CN(CCOCC1CC1)c1cc(CN)c(Cl)cn1. The van der Waals surface area contributed by atoms with Crippen molar-refractivity contribution in [1.29, 1.82) is 0 Å². The Kier molecular flexibility index (Phi) is 4.80. The normalized spacial score (nSPS) is 14.8. The Hall–Kier alpha value is -0.840. The number of hydrogen-bond acceptors (Lipinski definition) is 4. The molecule has 1 heterocycles. The fraction of sp³-hybridized carbons (Fsp3) is 0.615. The monoisotopic (exact) mass is 269 g/mol. The van der Waals surface area contributed by atoms with Gasteiger partial charge in [0.05, 0.1) is 11.6 Å². The van der Waals surface area contributed by atoms with Gasteiger partial charge in [0.15, 0.2) is 0 Å². The van der Waals surface area contributed by atoms with Crippen LogP contribution in [0.1, 0.15) is 18.4 Å². The first kappa shape index (κ1) is 13.6. The van der Waals surface area contributed by atoms with Gasteiger partial charge in [-0.25, -0.2) is 4.98 Å². The van der Waals surface area contributed by atoms with Gasteiger partial charge in [-0.2, -0.15) is 0 Å². The summed E-state index contributed by atoms with van der Waals surface area (Å²) in [6.07, 6.45) is 4.31. The molecule has 0 unspecified atom stereocenters. The number of likely N-dealkylation sites (N-methyl/N-ethyl adjacent to an activating group) is 1. The number of aromatic nitrogens is 1. The first-order valence-electron chi connectivity index (χ1n) is 6.34. The minimum Gasteiger partial charge on any atom is -0.379 e. The van der Waals surface area contributed by atoms with Gasteiger partial charge in [0.25, 0.3) is 0 Å². The molecule has 1 aromatic heterocycles. The lowest BCUT2D eigenvalue weighted by molar-refractivity contribution is 0.131. The van der Waals surface area contributed by atoms with Crippen LogP contribution in [0.15, 0.2) is 12.3 Å². The van der Waals surface area contributed by atoms with E-state index in [0.29, 0.717) is 11.6 Å². The lowest BCUT2D eigenvalue weighted by atomic mass is 10.2. The molecule has 1 aromatic rings. The van der Waals surface area contributed by atoms with Crippen LogP contribution in [0.4, 0.5) is 5.82 Å². The van der Waals surface area contributed by atoms with Gasteiger partial charge >= 0.3 is 0 Å². The van der Waals surface area contributed by atoms with Gasteiger partial charge in [0.2, 0.25) is 0 Å². The van der Waals surface area contributed by atoms with Crippen LogP contribution < -0.4 is 10.6 Å². The summed E-state index contributed by atoms with van der Waals surface area (Å²) in [4.78, 5) is 6.35. The number of nitrogens with two attached hydrogens (primary N) is 1. The van der Waals surface area contributed by atoms with Crippen LogP contribution in [0, 0.1) is 5.92 Å².